The summed E-state index contributed by atoms with van der Waals surface area (Å²) in [5.41, 5.74) is 0.232. The zero-order valence-electron chi connectivity index (χ0n) is 7.96. The Morgan fingerprint density at radius 3 is 2.00 bits per heavy atom. The first kappa shape index (κ1) is 10.9. The van der Waals surface area contributed by atoms with E-state index in [1.165, 1.54) is 0 Å². The average Bonchev–Trinajstić information content (AvgIpc) is 1.82. The van der Waals surface area contributed by atoms with Crippen LogP contribution in [-0.4, -0.2) is 22.9 Å². The van der Waals surface area contributed by atoms with Crippen LogP contribution in [0.1, 0.15) is 34.1 Å². The van der Waals surface area contributed by atoms with Gasteiger partial charge in [-0.2, -0.15) is 0 Å². The largest absolute Gasteiger partial charge is 0.394 e. The van der Waals surface area contributed by atoms with Gasteiger partial charge < -0.3 is 10.2 Å². The standard InChI is InChI=1S/C9H20O2/c1-7(8(11)6-10)5-9(2,3)4/h7-8,10-11H,5-6H2,1-4H3. The topological polar surface area (TPSA) is 40.5 Å². The van der Waals surface area contributed by atoms with E-state index < -0.39 is 6.10 Å². The van der Waals surface area contributed by atoms with Gasteiger partial charge in [-0.3, -0.25) is 0 Å². The van der Waals surface area contributed by atoms with Crippen molar-refractivity contribution < 1.29 is 10.2 Å². The fourth-order valence-corrected chi connectivity index (χ4v) is 1.28. The second kappa shape index (κ2) is 4.07. The third kappa shape index (κ3) is 5.22. The normalized spacial score (nSPS) is 18.0. The number of rotatable bonds is 3. The lowest BCUT2D eigenvalue weighted by Gasteiger charge is -2.25. The highest BCUT2D eigenvalue weighted by Crippen LogP contribution is 2.25. The highest BCUT2D eigenvalue weighted by atomic mass is 16.3. The number of hydrogen-bond donors (Lipinski definition) is 2. The smallest absolute Gasteiger partial charge is 0.0796 e. The van der Waals surface area contributed by atoms with Crippen molar-refractivity contribution in [3.05, 3.63) is 0 Å². The maximum atomic E-state index is 9.24. The third-order valence-corrected chi connectivity index (χ3v) is 1.78. The van der Waals surface area contributed by atoms with Crippen LogP contribution in [0.5, 0.6) is 0 Å². The van der Waals surface area contributed by atoms with E-state index in [0.29, 0.717) is 0 Å². The van der Waals surface area contributed by atoms with Crippen LogP contribution in [0, 0.1) is 11.3 Å². The van der Waals surface area contributed by atoms with Gasteiger partial charge in [0.1, 0.15) is 0 Å². The summed E-state index contributed by atoms with van der Waals surface area (Å²) < 4.78 is 0. The molecule has 0 fully saturated rings. The minimum absolute atomic E-state index is 0.128. The third-order valence-electron chi connectivity index (χ3n) is 1.78. The molecule has 2 nitrogen and oxygen atoms in total. The molecular weight excluding hydrogens is 140 g/mol. The molecule has 2 atom stereocenters. The fraction of sp³-hybridized carbons (Fsp3) is 1.00. The molecule has 0 saturated carbocycles. The molecule has 0 radical (unpaired) electrons. The van der Waals surface area contributed by atoms with Crippen molar-refractivity contribution in [3.63, 3.8) is 0 Å². The van der Waals surface area contributed by atoms with Crippen LogP contribution in [0.4, 0.5) is 0 Å². The van der Waals surface area contributed by atoms with E-state index in [-0.39, 0.29) is 17.9 Å². The van der Waals surface area contributed by atoms with E-state index in [2.05, 4.69) is 20.8 Å². The van der Waals surface area contributed by atoms with Crippen molar-refractivity contribution in [2.75, 3.05) is 6.61 Å². The van der Waals surface area contributed by atoms with Gasteiger partial charge in [0.25, 0.3) is 0 Å². The molecule has 0 amide bonds. The lowest BCUT2D eigenvalue weighted by atomic mass is 9.83. The molecular formula is C9H20O2. The van der Waals surface area contributed by atoms with Gasteiger partial charge in [0.15, 0.2) is 0 Å². The van der Waals surface area contributed by atoms with Crippen LogP contribution in [0.15, 0.2) is 0 Å². The zero-order chi connectivity index (χ0) is 9.07. The van der Waals surface area contributed by atoms with Crippen molar-refractivity contribution in [2.45, 2.75) is 40.2 Å². The highest BCUT2D eigenvalue weighted by Gasteiger charge is 2.20. The minimum atomic E-state index is -0.561. The Balaban J connectivity index is 3.77. The molecule has 0 aromatic carbocycles. The first-order chi connectivity index (χ1) is 4.87. The number of hydrogen-bond acceptors (Lipinski definition) is 2. The fourth-order valence-electron chi connectivity index (χ4n) is 1.28. The van der Waals surface area contributed by atoms with Gasteiger partial charge >= 0.3 is 0 Å². The Bertz CT molecular complexity index is 105. The summed E-state index contributed by atoms with van der Waals surface area (Å²) in [6.45, 7) is 8.23. The van der Waals surface area contributed by atoms with Gasteiger partial charge in [-0.15, -0.1) is 0 Å². The van der Waals surface area contributed by atoms with Crippen molar-refractivity contribution in [1.82, 2.24) is 0 Å². The minimum Gasteiger partial charge on any atom is -0.394 e. The predicted molar refractivity (Wildman–Crippen MR) is 46.3 cm³/mol. The molecule has 0 aliphatic rings. The summed E-state index contributed by atoms with van der Waals surface area (Å²) in [6, 6.07) is 0. The molecule has 0 aliphatic carbocycles. The number of aliphatic hydroxyl groups is 2. The van der Waals surface area contributed by atoms with E-state index in [9.17, 15) is 5.11 Å². The van der Waals surface area contributed by atoms with Crippen LogP contribution in [0.25, 0.3) is 0 Å². The van der Waals surface area contributed by atoms with Crippen LogP contribution in [-0.2, 0) is 0 Å². The van der Waals surface area contributed by atoms with E-state index >= 15 is 0 Å². The summed E-state index contributed by atoms with van der Waals surface area (Å²) >= 11 is 0. The van der Waals surface area contributed by atoms with E-state index in [1.807, 2.05) is 6.92 Å². The van der Waals surface area contributed by atoms with Gasteiger partial charge in [0, 0.05) is 0 Å². The van der Waals surface area contributed by atoms with Crippen molar-refractivity contribution >= 4 is 0 Å². The zero-order valence-corrected chi connectivity index (χ0v) is 7.96. The average molecular weight is 160 g/mol. The molecule has 0 aromatic heterocycles. The predicted octanol–water partition coefficient (Wildman–Crippen LogP) is 1.41. The van der Waals surface area contributed by atoms with Crippen molar-refractivity contribution in [1.29, 1.82) is 0 Å². The maximum absolute atomic E-state index is 9.24. The SMILES string of the molecule is CC(CC(C)(C)C)C(O)CO. The Hall–Kier alpha value is -0.0800. The van der Waals surface area contributed by atoms with E-state index in [0.717, 1.165) is 6.42 Å². The summed E-state index contributed by atoms with van der Waals surface area (Å²) in [7, 11) is 0. The summed E-state index contributed by atoms with van der Waals surface area (Å²) in [4.78, 5) is 0. The molecule has 0 spiro atoms. The van der Waals surface area contributed by atoms with Crippen molar-refractivity contribution in [3.8, 4) is 0 Å². The highest BCUT2D eigenvalue weighted by molar-refractivity contribution is 4.71. The molecule has 0 saturated heterocycles. The summed E-state index contributed by atoms with van der Waals surface area (Å²) in [5.74, 6) is 0.181. The Kier molecular flexibility index (Phi) is 4.04. The molecule has 0 rings (SSSR count). The molecule has 0 heterocycles. The van der Waals surface area contributed by atoms with Gasteiger partial charge in [-0.05, 0) is 17.8 Å². The van der Waals surface area contributed by atoms with Crippen LogP contribution < -0.4 is 0 Å². The Labute approximate surface area is 69.2 Å². The molecule has 0 bridgehead atoms. The molecule has 2 unspecified atom stereocenters. The lowest BCUT2D eigenvalue weighted by molar-refractivity contribution is 0.0382. The first-order valence-corrected chi connectivity index (χ1v) is 4.16. The molecule has 68 valence electrons. The van der Waals surface area contributed by atoms with Crippen LogP contribution in [0.3, 0.4) is 0 Å². The monoisotopic (exact) mass is 160 g/mol. The van der Waals surface area contributed by atoms with Crippen LogP contribution >= 0.6 is 0 Å². The molecule has 11 heavy (non-hydrogen) atoms. The second-order valence-electron chi connectivity index (χ2n) is 4.49. The molecule has 0 aliphatic heterocycles. The van der Waals surface area contributed by atoms with Gasteiger partial charge in [0.2, 0.25) is 0 Å². The summed E-state index contributed by atoms with van der Waals surface area (Å²) in [5, 5.41) is 17.9. The van der Waals surface area contributed by atoms with E-state index in [4.69, 9.17) is 5.11 Å². The van der Waals surface area contributed by atoms with E-state index in [1.54, 1.807) is 0 Å². The molecule has 0 aromatic rings. The van der Waals surface area contributed by atoms with Crippen molar-refractivity contribution in [2.24, 2.45) is 11.3 Å². The van der Waals surface area contributed by atoms with Gasteiger partial charge in [-0.25, -0.2) is 0 Å². The second-order valence-corrected chi connectivity index (χ2v) is 4.49. The van der Waals surface area contributed by atoms with Gasteiger partial charge in [0.05, 0.1) is 12.7 Å². The maximum Gasteiger partial charge on any atom is 0.0796 e. The number of aliphatic hydroxyl groups excluding tert-OH is 2. The first-order valence-electron chi connectivity index (χ1n) is 4.16. The lowest BCUT2D eigenvalue weighted by Crippen LogP contribution is -2.25. The van der Waals surface area contributed by atoms with Gasteiger partial charge in [-0.1, -0.05) is 27.7 Å². The van der Waals surface area contributed by atoms with Crippen LogP contribution in [0.2, 0.25) is 0 Å². The molecule has 2 heteroatoms. The summed E-state index contributed by atoms with van der Waals surface area (Å²) in [6.07, 6.45) is 0.378. The Morgan fingerprint density at radius 2 is 1.73 bits per heavy atom. The quantitative estimate of drug-likeness (QED) is 0.655. The molecule has 2 N–H and O–H groups in total. The Morgan fingerprint density at radius 1 is 1.27 bits per heavy atom.